The van der Waals surface area contributed by atoms with E-state index in [2.05, 4.69) is 28.1 Å². The lowest BCUT2D eigenvalue weighted by Crippen LogP contribution is -2.53. The zero-order valence-corrected chi connectivity index (χ0v) is 22.2. The molecule has 3 aliphatic heterocycles. The average molecular weight is 504 g/mol. The van der Waals surface area contributed by atoms with Crippen LogP contribution in [0.15, 0.2) is 23.3 Å². The van der Waals surface area contributed by atoms with E-state index in [1.54, 1.807) is 0 Å². The maximum atomic E-state index is 13.0. The lowest BCUT2D eigenvalue weighted by Gasteiger charge is -2.53. The molecule has 6 rings (SSSR count). The molecule has 7 heteroatoms. The SMILES string of the molecule is Cc1cc(N2N=C(N3CCC4(CC3)CC(C(=O)N3CCC(O)CC3)C4)C[C@@H]2C2CCCC2)ccc1C#N. The van der Waals surface area contributed by atoms with E-state index in [0.717, 1.165) is 74.8 Å². The lowest BCUT2D eigenvalue weighted by atomic mass is 9.57. The summed E-state index contributed by atoms with van der Waals surface area (Å²) in [4.78, 5) is 17.5. The van der Waals surface area contributed by atoms with Crippen molar-refractivity contribution in [3.63, 3.8) is 0 Å². The van der Waals surface area contributed by atoms with Crippen molar-refractivity contribution < 1.29 is 9.90 Å². The van der Waals surface area contributed by atoms with Gasteiger partial charge >= 0.3 is 0 Å². The Hall–Kier alpha value is -2.59. The largest absolute Gasteiger partial charge is 0.393 e. The van der Waals surface area contributed by atoms with Crippen LogP contribution in [0.1, 0.15) is 81.8 Å². The fraction of sp³-hybridized carbons (Fsp3) is 0.700. The van der Waals surface area contributed by atoms with Crippen LogP contribution in [0.5, 0.6) is 0 Å². The van der Waals surface area contributed by atoms with Gasteiger partial charge in [-0.25, -0.2) is 0 Å². The van der Waals surface area contributed by atoms with Crippen LogP contribution in [0.2, 0.25) is 0 Å². The van der Waals surface area contributed by atoms with Gasteiger partial charge in [0, 0.05) is 38.5 Å². The monoisotopic (exact) mass is 503 g/mol. The number of hydrazone groups is 1. The Balaban J connectivity index is 1.09. The van der Waals surface area contributed by atoms with Crippen LogP contribution in [-0.4, -0.2) is 65.0 Å². The summed E-state index contributed by atoms with van der Waals surface area (Å²) in [7, 11) is 0. The maximum absolute atomic E-state index is 13.0. The first kappa shape index (κ1) is 24.7. The van der Waals surface area contributed by atoms with Crippen LogP contribution in [0, 0.1) is 35.5 Å². The van der Waals surface area contributed by atoms with Gasteiger partial charge in [-0.15, -0.1) is 0 Å². The van der Waals surface area contributed by atoms with Crippen LogP contribution in [0.3, 0.4) is 0 Å². The predicted octanol–water partition coefficient (Wildman–Crippen LogP) is 4.42. The first-order valence-electron chi connectivity index (χ1n) is 14.5. The number of benzene rings is 1. The number of hydrogen-bond acceptors (Lipinski definition) is 6. The van der Waals surface area contributed by atoms with Gasteiger partial charge in [0.15, 0.2) is 0 Å². The molecule has 1 atom stereocenters. The molecule has 1 aromatic rings. The highest BCUT2D eigenvalue weighted by Crippen LogP contribution is 2.53. The summed E-state index contributed by atoms with van der Waals surface area (Å²) in [5, 5.41) is 26.6. The van der Waals surface area contributed by atoms with Gasteiger partial charge < -0.3 is 14.9 Å². The number of aliphatic hydroxyl groups is 1. The Bertz CT molecular complexity index is 1080. The highest BCUT2D eigenvalue weighted by Gasteiger charge is 2.50. The van der Waals surface area contributed by atoms with Gasteiger partial charge in [0.05, 0.1) is 29.5 Å². The molecule has 1 amide bonds. The number of anilines is 1. The molecule has 2 saturated carbocycles. The summed E-state index contributed by atoms with van der Waals surface area (Å²) in [6, 6.07) is 8.84. The zero-order valence-electron chi connectivity index (χ0n) is 22.2. The molecular formula is C30H41N5O2. The van der Waals surface area contributed by atoms with E-state index < -0.39 is 0 Å². The van der Waals surface area contributed by atoms with Crippen LogP contribution in [-0.2, 0) is 4.79 Å². The van der Waals surface area contributed by atoms with Crippen molar-refractivity contribution in [2.45, 2.75) is 89.7 Å². The molecule has 37 heavy (non-hydrogen) atoms. The minimum Gasteiger partial charge on any atom is -0.393 e. The summed E-state index contributed by atoms with van der Waals surface area (Å²) in [6.45, 7) is 5.52. The summed E-state index contributed by atoms with van der Waals surface area (Å²) >= 11 is 0. The Morgan fingerprint density at radius 1 is 1.08 bits per heavy atom. The third-order valence-electron chi connectivity index (χ3n) is 10.1. The first-order chi connectivity index (χ1) is 17.9. The van der Waals surface area contributed by atoms with Crippen molar-refractivity contribution in [2.24, 2.45) is 22.4 Å². The second-order valence-electron chi connectivity index (χ2n) is 12.4. The second kappa shape index (κ2) is 9.94. The number of hydrogen-bond donors (Lipinski definition) is 1. The predicted molar refractivity (Wildman–Crippen MR) is 144 cm³/mol. The molecule has 0 radical (unpaired) electrons. The van der Waals surface area contributed by atoms with E-state index in [0.29, 0.717) is 36.4 Å². The van der Waals surface area contributed by atoms with Crippen LogP contribution >= 0.6 is 0 Å². The number of carbonyl (C=O) groups excluding carboxylic acids is 1. The topological polar surface area (TPSA) is 83.2 Å². The number of nitrogens with zero attached hydrogens (tertiary/aromatic N) is 5. The van der Waals surface area contributed by atoms with Crippen LogP contribution < -0.4 is 5.01 Å². The van der Waals surface area contributed by atoms with E-state index in [4.69, 9.17) is 5.10 Å². The molecule has 7 nitrogen and oxygen atoms in total. The number of aryl methyl sites for hydroxylation is 1. The van der Waals surface area contributed by atoms with Crippen molar-refractivity contribution in [1.82, 2.24) is 9.80 Å². The third kappa shape index (κ3) is 4.74. The number of carbonyl (C=O) groups is 1. The molecular weight excluding hydrogens is 462 g/mol. The Morgan fingerprint density at radius 2 is 1.78 bits per heavy atom. The zero-order chi connectivity index (χ0) is 25.6. The maximum Gasteiger partial charge on any atom is 0.225 e. The molecule has 0 aromatic heterocycles. The highest BCUT2D eigenvalue weighted by atomic mass is 16.3. The minimum atomic E-state index is -0.232. The number of aliphatic hydroxyl groups excluding tert-OH is 1. The standard InChI is InChI=1S/C30H41N5O2/c1-21-16-25(7-6-23(21)20-31)35-27(22-4-2-3-5-22)17-28(32-35)33-14-10-30(11-15-33)18-24(19-30)29(37)34-12-8-26(36)9-13-34/h6-7,16,22,24,26-27,36H,2-5,8-15,17-19H2,1H3/t27-/m1/s1. The number of rotatable bonds is 3. The number of piperidine rings is 2. The molecule has 2 aliphatic carbocycles. The molecule has 0 unspecified atom stereocenters. The van der Waals surface area contributed by atoms with Crippen molar-refractivity contribution in [2.75, 3.05) is 31.2 Å². The van der Waals surface area contributed by atoms with Gasteiger partial charge in [-0.05, 0) is 93.4 Å². The quantitative estimate of drug-likeness (QED) is 0.660. The van der Waals surface area contributed by atoms with E-state index in [9.17, 15) is 15.2 Å². The van der Waals surface area contributed by atoms with E-state index >= 15 is 0 Å². The van der Waals surface area contributed by atoms with Gasteiger partial charge in [-0.2, -0.15) is 10.4 Å². The Labute approximate surface area is 221 Å². The average Bonchev–Trinajstić information content (AvgIpc) is 3.58. The van der Waals surface area contributed by atoms with Gasteiger partial charge in [0.2, 0.25) is 5.91 Å². The number of likely N-dealkylation sites (tertiary alicyclic amines) is 2. The van der Waals surface area contributed by atoms with Gasteiger partial charge in [-0.3, -0.25) is 9.80 Å². The smallest absolute Gasteiger partial charge is 0.225 e. The lowest BCUT2D eigenvalue weighted by molar-refractivity contribution is -0.147. The van der Waals surface area contributed by atoms with Crippen molar-refractivity contribution in [3.8, 4) is 6.07 Å². The van der Waals surface area contributed by atoms with Crippen LogP contribution in [0.25, 0.3) is 0 Å². The number of amidine groups is 1. The molecule has 4 fully saturated rings. The summed E-state index contributed by atoms with van der Waals surface area (Å²) in [5.74, 6) is 2.43. The number of amides is 1. The molecule has 1 aromatic carbocycles. The van der Waals surface area contributed by atoms with Crippen molar-refractivity contribution in [1.29, 1.82) is 5.26 Å². The highest BCUT2D eigenvalue weighted by molar-refractivity contribution is 5.87. The second-order valence-corrected chi connectivity index (χ2v) is 12.4. The van der Waals surface area contributed by atoms with Gasteiger partial charge in [0.25, 0.3) is 0 Å². The fourth-order valence-corrected chi connectivity index (χ4v) is 7.73. The van der Waals surface area contributed by atoms with E-state index in [1.807, 2.05) is 17.9 Å². The molecule has 3 heterocycles. The molecule has 198 valence electrons. The van der Waals surface area contributed by atoms with E-state index in [-0.39, 0.29) is 12.0 Å². The summed E-state index contributed by atoms with van der Waals surface area (Å²) in [6.07, 6.45) is 11.8. The van der Waals surface area contributed by atoms with Gasteiger partial charge in [0.1, 0.15) is 5.84 Å². The van der Waals surface area contributed by atoms with Crippen molar-refractivity contribution >= 4 is 17.4 Å². The molecule has 1 N–H and O–H groups in total. The van der Waals surface area contributed by atoms with E-state index in [1.165, 1.54) is 31.5 Å². The van der Waals surface area contributed by atoms with Crippen molar-refractivity contribution in [3.05, 3.63) is 29.3 Å². The number of nitriles is 1. The molecule has 5 aliphatic rings. The Morgan fingerprint density at radius 3 is 2.43 bits per heavy atom. The minimum absolute atomic E-state index is 0.187. The summed E-state index contributed by atoms with van der Waals surface area (Å²) < 4.78 is 0. The fourth-order valence-electron chi connectivity index (χ4n) is 7.73. The Kier molecular flexibility index (Phi) is 6.65. The normalized spacial score (nSPS) is 26.9. The molecule has 2 saturated heterocycles. The molecule has 1 spiro atoms. The third-order valence-corrected chi connectivity index (χ3v) is 10.1. The summed E-state index contributed by atoms with van der Waals surface area (Å²) in [5.41, 5.74) is 3.20. The first-order valence-corrected chi connectivity index (χ1v) is 14.5. The van der Waals surface area contributed by atoms with Gasteiger partial charge in [-0.1, -0.05) is 12.8 Å². The van der Waals surface area contributed by atoms with Crippen LogP contribution in [0.4, 0.5) is 5.69 Å². The molecule has 0 bridgehead atoms.